The van der Waals surface area contributed by atoms with Crippen LogP contribution in [0.5, 0.6) is 0 Å². The summed E-state index contributed by atoms with van der Waals surface area (Å²) in [6, 6.07) is 6.10. The predicted molar refractivity (Wildman–Crippen MR) is 112 cm³/mol. The number of aryl methyl sites for hydroxylation is 4. The summed E-state index contributed by atoms with van der Waals surface area (Å²) < 4.78 is 14.9. The topological polar surface area (TPSA) is 59.8 Å². The number of hydrogen-bond acceptors (Lipinski definition) is 4. The van der Waals surface area contributed by atoms with Crippen LogP contribution in [0, 0.1) is 19.7 Å². The molecule has 0 fully saturated rings. The van der Waals surface area contributed by atoms with Gasteiger partial charge in [0.25, 0.3) is 5.91 Å². The van der Waals surface area contributed by atoms with Gasteiger partial charge in [-0.2, -0.15) is 5.10 Å². The van der Waals surface area contributed by atoms with Crippen LogP contribution >= 0.6 is 11.3 Å². The summed E-state index contributed by atoms with van der Waals surface area (Å²) in [7, 11) is 0. The second kappa shape index (κ2) is 8.45. The Morgan fingerprint density at radius 2 is 1.97 bits per heavy atom. The molecule has 0 radical (unpaired) electrons. The first kappa shape index (κ1) is 19.8. The summed E-state index contributed by atoms with van der Waals surface area (Å²) >= 11 is 1.83. The molecule has 5 nitrogen and oxygen atoms in total. The second-order valence-electron chi connectivity index (χ2n) is 7.48. The van der Waals surface area contributed by atoms with Crippen molar-refractivity contribution in [1.82, 2.24) is 20.1 Å². The van der Waals surface area contributed by atoms with E-state index in [1.807, 2.05) is 25.2 Å². The minimum absolute atomic E-state index is 0.119. The Kier molecular flexibility index (Phi) is 5.76. The molecular weight excluding hydrogens is 387 g/mol. The Morgan fingerprint density at radius 1 is 1.21 bits per heavy atom. The van der Waals surface area contributed by atoms with Crippen LogP contribution in [0.2, 0.25) is 0 Å². The number of hydrogen-bond donors (Lipinski definition) is 1. The van der Waals surface area contributed by atoms with Crippen molar-refractivity contribution in [3.05, 3.63) is 62.6 Å². The lowest BCUT2D eigenvalue weighted by molar-refractivity contribution is 0.0952. The molecule has 0 aliphatic heterocycles. The molecule has 1 amide bonds. The van der Waals surface area contributed by atoms with E-state index < -0.39 is 0 Å². The van der Waals surface area contributed by atoms with E-state index in [4.69, 9.17) is 4.98 Å². The monoisotopic (exact) mass is 412 g/mol. The number of benzene rings is 1. The van der Waals surface area contributed by atoms with Gasteiger partial charge in [-0.15, -0.1) is 11.3 Å². The molecule has 1 N–H and O–H groups in total. The number of halogens is 1. The fourth-order valence-electron chi connectivity index (χ4n) is 3.85. The number of carbonyl (C=O) groups excluding carboxylic acids is 1. The lowest BCUT2D eigenvalue weighted by Crippen LogP contribution is -2.25. The second-order valence-corrected chi connectivity index (χ2v) is 8.65. The molecule has 152 valence electrons. The van der Waals surface area contributed by atoms with Crippen LogP contribution < -0.4 is 5.32 Å². The van der Waals surface area contributed by atoms with Crippen LogP contribution in [0.25, 0.3) is 5.69 Å². The smallest absolute Gasteiger partial charge is 0.255 e. The zero-order chi connectivity index (χ0) is 20.4. The van der Waals surface area contributed by atoms with Crippen molar-refractivity contribution < 1.29 is 9.18 Å². The van der Waals surface area contributed by atoms with E-state index in [9.17, 15) is 9.18 Å². The van der Waals surface area contributed by atoms with Crippen LogP contribution in [-0.4, -0.2) is 27.2 Å². The number of rotatable bonds is 6. The van der Waals surface area contributed by atoms with Gasteiger partial charge in [0.1, 0.15) is 5.82 Å². The third-order valence-electron chi connectivity index (χ3n) is 5.33. The molecule has 0 saturated heterocycles. The standard InChI is InChI=1S/C22H25FN4OS/c1-14-21(15(2)27(26-14)17-11-9-16(23)10-12-17)22(28)24-13-5-8-20-25-18-6-3-4-7-19(18)29-20/h9-12H,3-8,13H2,1-2H3,(H,24,28). The molecule has 0 saturated carbocycles. The zero-order valence-electron chi connectivity index (χ0n) is 16.8. The van der Waals surface area contributed by atoms with Crippen molar-refractivity contribution in [1.29, 1.82) is 0 Å². The van der Waals surface area contributed by atoms with Gasteiger partial charge in [0, 0.05) is 17.8 Å². The number of nitrogens with zero attached hydrogens (tertiary/aromatic N) is 3. The van der Waals surface area contributed by atoms with Crippen LogP contribution in [0.4, 0.5) is 4.39 Å². The van der Waals surface area contributed by atoms with Crippen LogP contribution in [0.1, 0.15) is 56.6 Å². The fraction of sp³-hybridized carbons (Fsp3) is 0.409. The average molecular weight is 413 g/mol. The molecule has 1 aliphatic rings. The van der Waals surface area contributed by atoms with E-state index in [2.05, 4.69) is 10.4 Å². The number of nitrogens with one attached hydrogen (secondary N) is 1. The number of thiazole rings is 1. The summed E-state index contributed by atoms with van der Waals surface area (Å²) in [5, 5.41) is 8.66. The number of fused-ring (bicyclic) bond motifs is 1. The van der Waals surface area contributed by atoms with Gasteiger partial charge in [0.15, 0.2) is 0 Å². The highest BCUT2D eigenvalue weighted by atomic mass is 32.1. The van der Waals surface area contributed by atoms with E-state index in [1.54, 1.807) is 16.8 Å². The third-order valence-corrected chi connectivity index (χ3v) is 6.55. The SMILES string of the molecule is Cc1nn(-c2ccc(F)cc2)c(C)c1C(=O)NCCCc1nc2c(s1)CCCC2. The fourth-order valence-corrected chi connectivity index (χ4v) is 5.05. The van der Waals surface area contributed by atoms with Crippen molar-refractivity contribution in [2.24, 2.45) is 0 Å². The van der Waals surface area contributed by atoms with Gasteiger partial charge in [-0.05, 0) is 70.2 Å². The minimum Gasteiger partial charge on any atom is -0.352 e. The van der Waals surface area contributed by atoms with E-state index >= 15 is 0 Å². The van der Waals surface area contributed by atoms with Crippen molar-refractivity contribution >= 4 is 17.2 Å². The summed E-state index contributed by atoms with van der Waals surface area (Å²) in [5.74, 6) is -0.416. The molecule has 0 spiro atoms. The molecule has 1 aromatic carbocycles. The quantitative estimate of drug-likeness (QED) is 0.613. The van der Waals surface area contributed by atoms with Crippen LogP contribution in [-0.2, 0) is 19.3 Å². The summed E-state index contributed by atoms with van der Waals surface area (Å²) in [4.78, 5) is 18.9. The van der Waals surface area contributed by atoms with Gasteiger partial charge >= 0.3 is 0 Å². The Balaban J connectivity index is 1.36. The normalized spacial score (nSPS) is 13.3. The Morgan fingerprint density at radius 3 is 2.72 bits per heavy atom. The molecule has 0 bridgehead atoms. The van der Waals surface area contributed by atoms with E-state index in [0.717, 1.165) is 30.6 Å². The van der Waals surface area contributed by atoms with Gasteiger partial charge in [-0.1, -0.05) is 0 Å². The minimum atomic E-state index is -0.297. The number of aromatic nitrogens is 3. The maximum atomic E-state index is 13.2. The molecule has 2 heterocycles. The van der Waals surface area contributed by atoms with Crippen LogP contribution in [0.15, 0.2) is 24.3 Å². The van der Waals surface area contributed by atoms with E-state index in [-0.39, 0.29) is 11.7 Å². The van der Waals surface area contributed by atoms with Gasteiger partial charge in [0.2, 0.25) is 0 Å². The third kappa shape index (κ3) is 4.24. The maximum Gasteiger partial charge on any atom is 0.255 e. The van der Waals surface area contributed by atoms with E-state index in [1.165, 1.54) is 47.0 Å². The summed E-state index contributed by atoms with van der Waals surface area (Å²) in [6.07, 6.45) is 6.55. The summed E-state index contributed by atoms with van der Waals surface area (Å²) in [6.45, 7) is 4.28. The first-order chi connectivity index (χ1) is 14.0. The van der Waals surface area contributed by atoms with Gasteiger partial charge in [-0.3, -0.25) is 4.79 Å². The molecule has 3 aromatic rings. The Hall–Kier alpha value is -2.54. The first-order valence-electron chi connectivity index (χ1n) is 10.1. The van der Waals surface area contributed by atoms with Gasteiger partial charge in [0.05, 0.1) is 33.3 Å². The highest BCUT2D eigenvalue weighted by Crippen LogP contribution is 2.27. The van der Waals surface area contributed by atoms with Gasteiger partial charge in [-0.25, -0.2) is 14.1 Å². The zero-order valence-corrected chi connectivity index (χ0v) is 17.6. The van der Waals surface area contributed by atoms with Crippen molar-refractivity contribution in [3.63, 3.8) is 0 Å². The summed E-state index contributed by atoms with van der Waals surface area (Å²) in [5.41, 5.74) is 4.02. The van der Waals surface area contributed by atoms with Gasteiger partial charge < -0.3 is 5.32 Å². The molecule has 7 heteroatoms. The lowest BCUT2D eigenvalue weighted by Gasteiger charge is -2.07. The maximum absolute atomic E-state index is 13.2. The lowest BCUT2D eigenvalue weighted by atomic mass is 10.0. The Labute approximate surface area is 174 Å². The molecule has 4 rings (SSSR count). The molecule has 29 heavy (non-hydrogen) atoms. The van der Waals surface area contributed by atoms with E-state index in [0.29, 0.717) is 17.8 Å². The molecule has 0 unspecified atom stereocenters. The molecule has 1 aliphatic carbocycles. The number of amides is 1. The first-order valence-corrected chi connectivity index (χ1v) is 10.9. The van der Waals surface area contributed by atoms with Crippen LogP contribution in [0.3, 0.4) is 0 Å². The highest BCUT2D eigenvalue weighted by Gasteiger charge is 2.19. The van der Waals surface area contributed by atoms with Crippen molar-refractivity contribution in [3.8, 4) is 5.69 Å². The largest absolute Gasteiger partial charge is 0.352 e. The molecular formula is C22H25FN4OS. The predicted octanol–water partition coefficient (Wildman–Crippen LogP) is 4.33. The van der Waals surface area contributed by atoms with Crippen molar-refractivity contribution in [2.75, 3.05) is 6.54 Å². The highest BCUT2D eigenvalue weighted by molar-refractivity contribution is 7.11. The number of carbonyl (C=O) groups is 1. The van der Waals surface area contributed by atoms with Crippen molar-refractivity contribution in [2.45, 2.75) is 52.4 Å². The Bertz CT molecular complexity index is 999. The average Bonchev–Trinajstić information content (AvgIpc) is 3.25. The molecule has 2 aromatic heterocycles. The molecule has 0 atom stereocenters.